The van der Waals surface area contributed by atoms with Gasteiger partial charge in [0.2, 0.25) is 5.95 Å². The van der Waals surface area contributed by atoms with E-state index in [1.165, 1.54) is 12.8 Å². The topological polar surface area (TPSA) is 49.3 Å². The summed E-state index contributed by atoms with van der Waals surface area (Å²) < 4.78 is 0. The highest BCUT2D eigenvalue weighted by atomic mass is 16.2. The largest absolute Gasteiger partial charge is 0.341 e. The average Bonchev–Trinajstić information content (AvgIpc) is 3.20. The van der Waals surface area contributed by atoms with E-state index in [0.29, 0.717) is 5.57 Å². The monoisotopic (exact) mass is 306 g/mol. The van der Waals surface area contributed by atoms with Crippen LogP contribution in [0.2, 0.25) is 0 Å². The molecule has 1 aromatic heterocycles. The first-order chi connectivity index (χ1) is 11.2. The zero-order valence-corrected chi connectivity index (χ0v) is 13.1. The van der Waals surface area contributed by atoms with Crippen molar-refractivity contribution in [1.82, 2.24) is 9.97 Å². The molecule has 116 valence electrons. The van der Waals surface area contributed by atoms with Gasteiger partial charge in [-0.3, -0.25) is 4.79 Å². The van der Waals surface area contributed by atoms with E-state index in [4.69, 9.17) is 0 Å². The molecule has 5 nitrogen and oxygen atoms in total. The van der Waals surface area contributed by atoms with Crippen LogP contribution in [0.1, 0.15) is 24.0 Å². The third-order valence-electron chi connectivity index (χ3n) is 4.45. The van der Waals surface area contributed by atoms with Crippen molar-refractivity contribution in [3.05, 3.63) is 47.8 Å². The fraction of sp³-hybridized carbons (Fsp3) is 0.278. The Morgan fingerprint density at radius 1 is 1.09 bits per heavy atom. The van der Waals surface area contributed by atoms with Gasteiger partial charge in [0.1, 0.15) is 0 Å². The smallest absolute Gasteiger partial charge is 0.258 e. The normalized spacial score (nSPS) is 18.8. The Morgan fingerprint density at radius 3 is 2.52 bits per heavy atom. The van der Waals surface area contributed by atoms with Crippen molar-refractivity contribution in [3.8, 4) is 0 Å². The van der Waals surface area contributed by atoms with Gasteiger partial charge in [-0.2, -0.15) is 0 Å². The van der Waals surface area contributed by atoms with Gasteiger partial charge in [-0.25, -0.2) is 9.97 Å². The first kappa shape index (κ1) is 13.9. The van der Waals surface area contributed by atoms with E-state index in [0.717, 1.165) is 35.9 Å². The summed E-state index contributed by atoms with van der Waals surface area (Å²) in [6.07, 6.45) is 7.86. The van der Waals surface area contributed by atoms with Crippen molar-refractivity contribution in [3.63, 3.8) is 0 Å². The number of amides is 1. The number of carbonyl (C=O) groups is 1. The van der Waals surface area contributed by atoms with Crippen LogP contribution in [-0.4, -0.2) is 36.0 Å². The van der Waals surface area contributed by atoms with Crippen molar-refractivity contribution in [2.24, 2.45) is 0 Å². The number of anilines is 2. The molecule has 23 heavy (non-hydrogen) atoms. The number of hydrogen-bond donors (Lipinski definition) is 0. The summed E-state index contributed by atoms with van der Waals surface area (Å²) in [5.74, 6) is 0.787. The Hall–Kier alpha value is -2.69. The minimum absolute atomic E-state index is 0.00909. The van der Waals surface area contributed by atoms with Crippen LogP contribution < -0.4 is 9.80 Å². The second-order valence-electron chi connectivity index (χ2n) is 5.95. The number of fused-ring (bicyclic) bond motifs is 1. The molecule has 2 aromatic rings. The lowest BCUT2D eigenvalue weighted by molar-refractivity contribution is -0.112. The van der Waals surface area contributed by atoms with Gasteiger partial charge in [0.05, 0.1) is 5.69 Å². The molecular formula is C18H18N4O. The summed E-state index contributed by atoms with van der Waals surface area (Å²) in [6.45, 7) is 2.05. The molecule has 3 heterocycles. The molecule has 2 aliphatic rings. The van der Waals surface area contributed by atoms with Gasteiger partial charge in [-0.05, 0) is 25.0 Å². The van der Waals surface area contributed by atoms with Crippen LogP contribution >= 0.6 is 0 Å². The van der Waals surface area contributed by atoms with Crippen molar-refractivity contribution in [2.75, 3.05) is 29.9 Å². The number of likely N-dealkylation sites (N-methyl/N-ethyl adjacent to an activating group) is 1. The molecule has 1 amide bonds. The predicted octanol–water partition coefficient (Wildman–Crippen LogP) is 2.59. The number of para-hydroxylation sites is 1. The lowest BCUT2D eigenvalue weighted by atomic mass is 10.1. The van der Waals surface area contributed by atoms with Crippen LogP contribution in [0.15, 0.2) is 36.7 Å². The molecule has 0 saturated carbocycles. The third-order valence-corrected chi connectivity index (χ3v) is 4.45. The Balaban J connectivity index is 1.66. The lowest BCUT2D eigenvalue weighted by Crippen LogP contribution is -2.20. The maximum absolute atomic E-state index is 12.5. The van der Waals surface area contributed by atoms with Crippen LogP contribution in [0.5, 0.6) is 0 Å². The fourth-order valence-electron chi connectivity index (χ4n) is 3.19. The molecule has 5 heteroatoms. The Morgan fingerprint density at radius 2 is 1.78 bits per heavy atom. The van der Waals surface area contributed by atoms with Gasteiger partial charge in [0.15, 0.2) is 0 Å². The number of aromatic nitrogens is 2. The minimum atomic E-state index is 0.00909. The Bertz CT molecular complexity index is 776. The van der Waals surface area contributed by atoms with Gasteiger partial charge in [0.25, 0.3) is 5.91 Å². The van der Waals surface area contributed by atoms with Gasteiger partial charge < -0.3 is 9.80 Å². The SMILES string of the molecule is CN1C(=O)C(=Cc2cnc(N3CCCC3)nc2)c2ccccc21. The molecule has 1 fully saturated rings. The summed E-state index contributed by atoms with van der Waals surface area (Å²) in [5.41, 5.74) is 3.45. The fourth-order valence-corrected chi connectivity index (χ4v) is 3.19. The summed E-state index contributed by atoms with van der Waals surface area (Å²) >= 11 is 0. The van der Waals surface area contributed by atoms with Crippen LogP contribution in [0.3, 0.4) is 0 Å². The zero-order valence-electron chi connectivity index (χ0n) is 13.1. The van der Waals surface area contributed by atoms with E-state index in [1.807, 2.05) is 30.3 Å². The summed E-state index contributed by atoms with van der Waals surface area (Å²) in [4.78, 5) is 25.2. The van der Waals surface area contributed by atoms with E-state index < -0.39 is 0 Å². The maximum atomic E-state index is 12.5. The molecular weight excluding hydrogens is 288 g/mol. The Labute approximate surface area is 135 Å². The quantitative estimate of drug-likeness (QED) is 0.800. The summed E-state index contributed by atoms with van der Waals surface area (Å²) in [7, 11) is 1.80. The molecule has 2 aliphatic heterocycles. The van der Waals surface area contributed by atoms with Crippen molar-refractivity contribution >= 4 is 29.2 Å². The maximum Gasteiger partial charge on any atom is 0.258 e. The first-order valence-electron chi connectivity index (χ1n) is 7.90. The molecule has 0 aliphatic carbocycles. The number of benzene rings is 1. The molecule has 0 radical (unpaired) electrons. The van der Waals surface area contributed by atoms with E-state index in [9.17, 15) is 4.79 Å². The molecule has 0 atom stereocenters. The second kappa shape index (κ2) is 5.50. The van der Waals surface area contributed by atoms with Crippen molar-refractivity contribution in [2.45, 2.75) is 12.8 Å². The number of hydrogen-bond acceptors (Lipinski definition) is 4. The summed E-state index contributed by atoms with van der Waals surface area (Å²) in [5, 5.41) is 0. The summed E-state index contributed by atoms with van der Waals surface area (Å²) in [6, 6.07) is 7.83. The predicted molar refractivity (Wildman–Crippen MR) is 91.2 cm³/mol. The number of nitrogens with zero attached hydrogens (tertiary/aromatic N) is 4. The van der Waals surface area contributed by atoms with Gasteiger partial charge in [-0.15, -0.1) is 0 Å². The highest BCUT2D eigenvalue weighted by molar-refractivity contribution is 6.35. The van der Waals surface area contributed by atoms with Crippen LogP contribution in [0, 0.1) is 0 Å². The number of rotatable bonds is 2. The molecule has 0 bridgehead atoms. The van der Waals surface area contributed by atoms with Gasteiger partial charge >= 0.3 is 0 Å². The highest BCUT2D eigenvalue weighted by Gasteiger charge is 2.29. The first-order valence-corrected chi connectivity index (χ1v) is 7.90. The Kier molecular flexibility index (Phi) is 3.33. The highest BCUT2D eigenvalue weighted by Crippen LogP contribution is 2.36. The van der Waals surface area contributed by atoms with Gasteiger partial charge in [0, 0.05) is 49.2 Å². The lowest BCUT2D eigenvalue weighted by Gasteiger charge is -2.14. The standard InChI is InChI=1S/C18H18N4O/c1-21-16-7-3-2-6-14(16)15(17(21)23)10-13-11-19-18(20-12-13)22-8-4-5-9-22/h2-3,6-7,10-12H,4-5,8-9H2,1H3. The third kappa shape index (κ3) is 2.38. The van der Waals surface area contributed by atoms with Crippen molar-refractivity contribution < 1.29 is 4.79 Å². The van der Waals surface area contributed by atoms with E-state index in [1.54, 1.807) is 24.3 Å². The van der Waals surface area contributed by atoms with E-state index in [-0.39, 0.29) is 5.91 Å². The molecule has 0 N–H and O–H groups in total. The van der Waals surface area contributed by atoms with E-state index >= 15 is 0 Å². The van der Waals surface area contributed by atoms with Crippen molar-refractivity contribution in [1.29, 1.82) is 0 Å². The zero-order chi connectivity index (χ0) is 15.8. The van der Waals surface area contributed by atoms with Crippen LogP contribution in [0.4, 0.5) is 11.6 Å². The number of carbonyl (C=O) groups excluding carboxylic acids is 1. The second-order valence-corrected chi connectivity index (χ2v) is 5.95. The minimum Gasteiger partial charge on any atom is -0.341 e. The molecule has 4 rings (SSSR count). The molecule has 0 spiro atoms. The van der Waals surface area contributed by atoms with Crippen LogP contribution in [0.25, 0.3) is 11.6 Å². The average molecular weight is 306 g/mol. The molecule has 0 unspecified atom stereocenters. The molecule has 1 saturated heterocycles. The van der Waals surface area contributed by atoms with E-state index in [2.05, 4.69) is 14.9 Å². The van der Waals surface area contributed by atoms with Gasteiger partial charge in [-0.1, -0.05) is 18.2 Å². The van der Waals surface area contributed by atoms with Crippen LogP contribution in [-0.2, 0) is 4.79 Å². The molecule has 1 aromatic carbocycles.